The van der Waals surface area contributed by atoms with E-state index in [1.165, 1.54) is 0 Å². The van der Waals surface area contributed by atoms with E-state index in [9.17, 15) is 4.39 Å². The third-order valence-electron chi connectivity index (χ3n) is 3.47. The second kappa shape index (κ2) is 5.57. The molecule has 3 heteroatoms. The van der Waals surface area contributed by atoms with Crippen molar-refractivity contribution in [1.29, 1.82) is 0 Å². The molecule has 1 atom stereocenters. The lowest BCUT2D eigenvalue weighted by molar-refractivity contribution is 0.501. The van der Waals surface area contributed by atoms with E-state index in [4.69, 9.17) is 4.42 Å². The number of aryl methyl sites for hydroxylation is 3. The Morgan fingerprint density at radius 2 is 2.05 bits per heavy atom. The molecule has 0 aliphatic heterocycles. The normalized spacial score (nSPS) is 12.7. The second-order valence-corrected chi connectivity index (χ2v) is 4.85. The molecule has 19 heavy (non-hydrogen) atoms. The van der Waals surface area contributed by atoms with E-state index in [2.05, 4.69) is 5.32 Å². The van der Waals surface area contributed by atoms with E-state index in [0.717, 1.165) is 28.9 Å². The maximum atomic E-state index is 14.3. The van der Waals surface area contributed by atoms with Crippen LogP contribution < -0.4 is 5.32 Å². The molecule has 0 spiro atoms. The third-order valence-corrected chi connectivity index (χ3v) is 3.47. The van der Waals surface area contributed by atoms with Crippen molar-refractivity contribution >= 4 is 0 Å². The fraction of sp³-hybridized carbons (Fsp3) is 0.375. The predicted molar refractivity (Wildman–Crippen MR) is 74.9 cm³/mol. The fourth-order valence-corrected chi connectivity index (χ4v) is 2.64. The molecule has 1 aromatic carbocycles. The number of benzene rings is 1. The number of hydrogen-bond acceptors (Lipinski definition) is 2. The van der Waals surface area contributed by atoms with Crippen molar-refractivity contribution in [3.8, 4) is 0 Å². The summed E-state index contributed by atoms with van der Waals surface area (Å²) in [4.78, 5) is 0. The highest BCUT2D eigenvalue weighted by Gasteiger charge is 2.22. The topological polar surface area (TPSA) is 25.2 Å². The summed E-state index contributed by atoms with van der Waals surface area (Å²) in [6.45, 7) is 5.89. The summed E-state index contributed by atoms with van der Waals surface area (Å²) in [5.74, 6) is 0.735. The molecule has 0 amide bonds. The summed E-state index contributed by atoms with van der Waals surface area (Å²) >= 11 is 0. The lowest BCUT2D eigenvalue weighted by Crippen LogP contribution is -2.21. The van der Waals surface area contributed by atoms with Crippen molar-refractivity contribution in [3.05, 3.63) is 58.3 Å². The van der Waals surface area contributed by atoms with Gasteiger partial charge in [-0.3, -0.25) is 0 Å². The monoisotopic (exact) mass is 261 g/mol. The molecule has 2 aromatic rings. The molecule has 0 bridgehead atoms. The largest absolute Gasteiger partial charge is 0.469 e. The molecule has 0 radical (unpaired) electrons. The molecule has 1 unspecified atom stereocenters. The first-order valence-electron chi connectivity index (χ1n) is 6.58. The van der Waals surface area contributed by atoms with Crippen molar-refractivity contribution in [2.24, 2.45) is 0 Å². The van der Waals surface area contributed by atoms with Gasteiger partial charge in [0, 0.05) is 17.5 Å². The fourth-order valence-electron chi connectivity index (χ4n) is 2.64. The zero-order valence-electron chi connectivity index (χ0n) is 11.9. The van der Waals surface area contributed by atoms with Gasteiger partial charge in [-0.05, 0) is 44.2 Å². The second-order valence-electron chi connectivity index (χ2n) is 4.85. The van der Waals surface area contributed by atoms with Crippen molar-refractivity contribution in [1.82, 2.24) is 5.32 Å². The molecule has 0 fully saturated rings. The number of rotatable bonds is 4. The molecule has 0 saturated heterocycles. The Balaban J connectivity index is 2.54. The molecule has 0 aliphatic carbocycles. The standard InChI is InChI=1S/C16H20FNO/c1-5-14-12(6-7-19-14)16(18-4)15-11(3)8-10(2)9-13(15)17/h6-9,16,18H,5H2,1-4H3. The first-order chi connectivity index (χ1) is 9.08. The molecular weight excluding hydrogens is 241 g/mol. The molecule has 0 aliphatic rings. The van der Waals surface area contributed by atoms with E-state index in [-0.39, 0.29) is 11.9 Å². The van der Waals surface area contributed by atoms with Crippen molar-refractivity contribution in [2.75, 3.05) is 7.05 Å². The SMILES string of the molecule is CCc1occc1C(NC)c1c(C)cc(C)cc1F. The number of nitrogens with one attached hydrogen (secondary N) is 1. The Morgan fingerprint density at radius 1 is 1.32 bits per heavy atom. The summed E-state index contributed by atoms with van der Waals surface area (Å²) in [6.07, 6.45) is 2.47. The van der Waals surface area contributed by atoms with E-state index < -0.39 is 0 Å². The highest BCUT2D eigenvalue weighted by Crippen LogP contribution is 2.30. The van der Waals surface area contributed by atoms with Crippen LogP contribution in [-0.4, -0.2) is 7.05 Å². The van der Waals surface area contributed by atoms with Crippen molar-refractivity contribution in [3.63, 3.8) is 0 Å². The first kappa shape index (κ1) is 13.8. The Bertz CT molecular complexity index is 551. The smallest absolute Gasteiger partial charge is 0.128 e. The van der Waals surface area contributed by atoms with Gasteiger partial charge in [-0.15, -0.1) is 0 Å². The van der Waals surface area contributed by atoms with E-state index in [0.29, 0.717) is 5.56 Å². The Kier molecular flexibility index (Phi) is 4.05. The average molecular weight is 261 g/mol. The van der Waals surface area contributed by atoms with Crippen LogP contribution in [-0.2, 0) is 6.42 Å². The Morgan fingerprint density at radius 3 is 2.63 bits per heavy atom. The number of furan rings is 1. The van der Waals surface area contributed by atoms with E-state index >= 15 is 0 Å². The highest BCUT2D eigenvalue weighted by molar-refractivity contribution is 5.40. The van der Waals surface area contributed by atoms with Crippen LogP contribution in [0, 0.1) is 19.7 Å². The number of halogens is 1. The van der Waals surface area contributed by atoms with Crippen LogP contribution in [0.25, 0.3) is 0 Å². The summed E-state index contributed by atoms with van der Waals surface area (Å²) in [5.41, 5.74) is 3.61. The van der Waals surface area contributed by atoms with Gasteiger partial charge in [0.2, 0.25) is 0 Å². The molecule has 1 N–H and O–H groups in total. The van der Waals surface area contributed by atoms with Gasteiger partial charge in [0.25, 0.3) is 0 Å². The summed E-state index contributed by atoms with van der Waals surface area (Å²) in [7, 11) is 1.84. The molecule has 2 rings (SSSR count). The average Bonchev–Trinajstić information content (AvgIpc) is 2.81. The molecular formula is C16H20FNO. The van der Waals surface area contributed by atoms with Crippen molar-refractivity contribution in [2.45, 2.75) is 33.2 Å². The molecule has 2 nitrogen and oxygen atoms in total. The van der Waals surface area contributed by atoms with Gasteiger partial charge < -0.3 is 9.73 Å². The van der Waals surface area contributed by atoms with Gasteiger partial charge in [0.1, 0.15) is 11.6 Å². The quantitative estimate of drug-likeness (QED) is 0.902. The maximum absolute atomic E-state index is 14.3. The van der Waals surface area contributed by atoms with Crippen LogP contribution in [0.3, 0.4) is 0 Å². The Labute approximate surface area is 113 Å². The van der Waals surface area contributed by atoms with E-state index in [1.54, 1.807) is 12.3 Å². The molecule has 1 heterocycles. The van der Waals surface area contributed by atoms with Gasteiger partial charge in [-0.25, -0.2) is 4.39 Å². The summed E-state index contributed by atoms with van der Waals surface area (Å²) in [6, 6.07) is 5.33. The van der Waals surface area contributed by atoms with Crippen LogP contribution in [0.2, 0.25) is 0 Å². The number of hydrogen-bond donors (Lipinski definition) is 1. The first-order valence-corrected chi connectivity index (χ1v) is 6.58. The minimum Gasteiger partial charge on any atom is -0.469 e. The van der Waals surface area contributed by atoms with Gasteiger partial charge in [-0.2, -0.15) is 0 Å². The molecule has 102 valence electrons. The zero-order chi connectivity index (χ0) is 14.0. The summed E-state index contributed by atoms with van der Waals surface area (Å²) < 4.78 is 19.8. The minimum atomic E-state index is -0.172. The minimum absolute atomic E-state index is 0.167. The maximum Gasteiger partial charge on any atom is 0.128 e. The summed E-state index contributed by atoms with van der Waals surface area (Å²) in [5, 5.41) is 3.20. The lowest BCUT2D eigenvalue weighted by Gasteiger charge is -2.20. The highest BCUT2D eigenvalue weighted by atomic mass is 19.1. The third kappa shape index (κ3) is 2.56. The van der Waals surface area contributed by atoms with Crippen LogP contribution in [0.4, 0.5) is 4.39 Å². The molecule has 1 aromatic heterocycles. The predicted octanol–water partition coefficient (Wildman–Crippen LogP) is 3.91. The van der Waals surface area contributed by atoms with Crippen LogP contribution in [0.5, 0.6) is 0 Å². The van der Waals surface area contributed by atoms with Crippen LogP contribution in [0.15, 0.2) is 28.9 Å². The van der Waals surface area contributed by atoms with Crippen molar-refractivity contribution < 1.29 is 8.81 Å². The zero-order valence-corrected chi connectivity index (χ0v) is 11.9. The van der Waals surface area contributed by atoms with Gasteiger partial charge in [0.15, 0.2) is 0 Å². The van der Waals surface area contributed by atoms with Crippen LogP contribution >= 0.6 is 0 Å². The van der Waals surface area contributed by atoms with Gasteiger partial charge in [-0.1, -0.05) is 13.0 Å². The van der Waals surface area contributed by atoms with Gasteiger partial charge >= 0.3 is 0 Å². The molecule has 0 saturated carbocycles. The van der Waals surface area contributed by atoms with Crippen LogP contribution in [0.1, 0.15) is 41.0 Å². The van der Waals surface area contributed by atoms with Gasteiger partial charge in [0.05, 0.1) is 12.3 Å². The lowest BCUT2D eigenvalue weighted by atomic mass is 9.93. The Hall–Kier alpha value is -1.61. The van der Waals surface area contributed by atoms with E-state index in [1.807, 2.05) is 40.0 Å².